The Kier molecular flexibility index (Phi) is 4.45. The second kappa shape index (κ2) is 6.67. The smallest absolute Gasteiger partial charge is 0.228 e. The highest BCUT2D eigenvalue weighted by molar-refractivity contribution is 7.08. The number of carbonyl (C=O) groups excluding carboxylic acids is 1. The summed E-state index contributed by atoms with van der Waals surface area (Å²) in [6.45, 7) is 0. The number of carbonyl (C=O) groups is 1. The quantitative estimate of drug-likeness (QED) is 0.750. The third kappa shape index (κ3) is 3.49. The molecule has 1 unspecified atom stereocenters. The minimum atomic E-state index is -0.233. The number of rotatable bonds is 5. The van der Waals surface area contributed by atoms with Crippen LogP contribution in [-0.2, 0) is 11.2 Å². The normalized spacial score (nSPS) is 12.0. The lowest BCUT2D eigenvalue weighted by atomic mass is 10.0. The topological polar surface area (TPSA) is 83.6 Å². The summed E-state index contributed by atoms with van der Waals surface area (Å²) in [6.07, 6.45) is 0.0741. The van der Waals surface area contributed by atoms with Gasteiger partial charge in [0.05, 0.1) is 12.5 Å². The number of amides is 1. The largest absolute Gasteiger partial charge is 0.345 e. The zero-order valence-electron chi connectivity index (χ0n) is 11.4. The van der Waals surface area contributed by atoms with Gasteiger partial charge in [-0.1, -0.05) is 28.9 Å². The van der Waals surface area contributed by atoms with Crippen molar-refractivity contribution in [1.29, 1.82) is 0 Å². The van der Waals surface area contributed by atoms with E-state index in [0.29, 0.717) is 10.8 Å². The van der Waals surface area contributed by atoms with Gasteiger partial charge in [0.15, 0.2) is 5.82 Å². The van der Waals surface area contributed by atoms with Gasteiger partial charge in [-0.2, -0.15) is 16.6 Å². The maximum absolute atomic E-state index is 12.2. The minimum Gasteiger partial charge on any atom is -0.345 e. The van der Waals surface area contributed by atoms with Gasteiger partial charge in [0.1, 0.15) is 0 Å². The van der Waals surface area contributed by atoms with Crippen LogP contribution in [0.2, 0.25) is 5.02 Å². The van der Waals surface area contributed by atoms with Gasteiger partial charge >= 0.3 is 0 Å². The van der Waals surface area contributed by atoms with E-state index in [-0.39, 0.29) is 18.4 Å². The fourth-order valence-corrected chi connectivity index (χ4v) is 2.88. The van der Waals surface area contributed by atoms with E-state index in [1.807, 2.05) is 41.1 Å². The molecule has 8 heteroatoms. The molecule has 3 rings (SSSR count). The van der Waals surface area contributed by atoms with Gasteiger partial charge in [-0.25, -0.2) is 0 Å². The molecule has 0 aliphatic heterocycles. The maximum Gasteiger partial charge on any atom is 0.228 e. The molecule has 0 aliphatic rings. The van der Waals surface area contributed by atoms with Gasteiger partial charge in [-0.05, 0) is 40.1 Å². The van der Waals surface area contributed by atoms with E-state index in [1.54, 1.807) is 11.3 Å². The monoisotopic (exact) mass is 333 g/mol. The minimum absolute atomic E-state index is 0.0741. The van der Waals surface area contributed by atoms with Gasteiger partial charge < -0.3 is 5.32 Å². The fraction of sp³-hybridized carbons (Fsp3) is 0.143. The van der Waals surface area contributed by atoms with E-state index in [0.717, 1.165) is 11.1 Å². The molecule has 22 heavy (non-hydrogen) atoms. The van der Waals surface area contributed by atoms with Crippen molar-refractivity contribution in [2.24, 2.45) is 0 Å². The van der Waals surface area contributed by atoms with Crippen molar-refractivity contribution in [2.75, 3.05) is 0 Å². The molecular formula is C14H12ClN5OS. The summed E-state index contributed by atoms with van der Waals surface area (Å²) >= 11 is 7.51. The van der Waals surface area contributed by atoms with Crippen LogP contribution in [0.4, 0.5) is 0 Å². The maximum atomic E-state index is 12.2. The molecule has 0 saturated carbocycles. The number of nitrogens with zero attached hydrogens (tertiary/aromatic N) is 3. The summed E-state index contributed by atoms with van der Waals surface area (Å²) in [4.78, 5) is 12.2. The van der Waals surface area contributed by atoms with Crippen LogP contribution in [0.3, 0.4) is 0 Å². The zero-order valence-corrected chi connectivity index (χ0v) is 12.9. The number of aromatic nitrogens is 4. The summed E-state index contributed by atoms with van der Waals surface area (Å²) in [6, 6.07) is 9.17. The molecule has 3 aromatic rings. The molecule has 0 bridgehead atoms. The molecule has 112 valence electrons. The Bertz CT molecular complexity index is 727. The van der Waals surface area contributed by atoms with E-state index in [9.17, 15) is 4.79 Å². The van der Waals surface area contributed by atoms with Crippen molar-refractivity contribution in [3.8, 4) is 0 Å². The number of hydrogen-bond donors (Lipinski definition) is 2. The lowest BCUT2D eigenvalue weighted by Crippen LogP contribution is -2.30. The van der Waals surface area contributed by atoms with E-state index in [4.69, 9.17) is 11.6 Å². The first kappa shape index (κ1) is 14.7. The number of benzene rings is 1. The zero-order chi connectivity index (χ0) is 15.4. The third-order valence-electron chi connectivity index (χ3n) is 3.09. The Balaban J connectivity index is 1.80. The first-order chi connectivity index (χ1) is 10.7. The standard InChI is InChI=1S/C14H12ClN5OS/c15-11-3-1-9(2-4-11)14(10-5-6-22-8-10)16-13(21)7-12-17-19-20-18-12/h1-6,8,14H,7H2,(H,16,21)(H,17,18,19,20). The van der Waals surface area contributed by atoms with Crippen molar-refractivity contribution >= 4 is 28.8 Å². The van der Waals surface area contributed by atoms with E-state index < -0.39 is 0 Å². The van der Waals surface area contributed by atoms with Gasteiger partial charge in [-0.15, -0.1) is 10.2 Å². The second-order valence-electron chi connectivity index (χ2n) is 4.61. The van der Waals surface area contributed by atoms with Crippen LogP contribution in [0.25, 0.3) is 0 Å². The molecule has 0 spiro atoms. The molecule has 2 heterocycles. The summed E-state index contributed by atoms with van der Waals surface area (Å²) in [5.41, 5.74) is 1.98. The van der Waals surface area contributed by atoms with Crippen LogP contribution < -0.4 is 5.32 Å². The number of nitrogens with one attached hydrogen (secondary N) is 2. The summed E-state index contributed by atoms with van der Waals surface area (Å²) in [5, 5.41) is 21.0. The van der Waals surface area contributed by atoms with Crippen LogP contribution in [0, 0.1) is 0 Å². The summed E-state index contributed by atoms with van der Waals surface area (Å²) in [5.74, 6) is 0.185. The summed E-state index contributed by atoms with van der Waals surface area (Å²) < 4.78 is 0. The number of hydrogen-bond acceptors (Lipinski definition) is 5. The van der Waals surface area contributed by atoms with E-state index >= 15 is 0 Å². The third-order valence-corrected chi connectivity index (χ3v) is 4.05. The number of tetrazole rings is 1. The van der Waals surface area contributed by atoms with Gasteiger partial charge in [-0.3, -0.25) is 4.79 Å². The highest BCUT2D eigenvalue weighted by Gasteiger charge is 2.18. The number of thiophene rings is 1. The average Bonchev–Trinajstić information content (AvgIpc) is 3.19. The first-order valence-corrected chi connectivity index (χ1v) is 7.83. The van der Waals surface area contributed by atoms with Crippen LogP contribution in [0.1, 0.15) is 23.0 Å². The number of halogens is 1. The molecule has 1 aromatic carbocycles. The van der Waals surface area contributed by atoms with E-state index in [2.05, 4.69) is 25.9 Å². The highest BCUT2D eigenvalue weighted by Crippen LogP contribution is 2.25. The first-order valence-electron chi connectivity index (χ1n) is 6.51. The van der Waals surface area contributed by atoms with Crippen molar-refractivity contribution < 1.29 is 4.79 Å². The predicted octanol–water partition coefficient (Wildman–Crippen LogP) is 2.36. The molecule has 0 fully saturated rings. The van der Waals surface area contributed by atoms with Gasteiger partial charge in [0.2, 0.25) is 5.91 Å². The van der Waals surface area contributed by atoms with Crippen LogP contribution in [-0.4, -0.2) is 26.5 Å². The van der Waals surface area contributed by atoms with Crippen molar-refractivity contribution in [3.63, 3.8) is 0 Å². The molecule has 0 radical (unpaired) electrons. The second-order valence-corrected chi connectivity index (χ2v) is 5.83. The Morgan fingerprint density at radius 1 is 1.27 bits per heavy atom. The van der Waals surface area contributed by atoms with Crippen LogP contribution >= 0.6 is 22.9 Å². The average molecular weight is 334 g/mol. The lowest BCUT2D eigenvalue weighted by Gasteiger charge is -2.18. The summed E-state index contributed by atoms with van der Waals surface area (Å²) in [7, 11) is 0. The number of H-pyrrole nitrogens is 1. The van der Waals surface area contributed by atoms with Crippen LogP contribution in [0.15, 0.2) is 41.1 Å². The highest BCUT2D eigenvalue weighted by atomic mass is 35.5. The molecule has 1 atom stereocenters. The molecule has 6 nitrogen and oxygen atoms in total. The molecular weight excluding hydrogens is 322 g/mol. The van der Waals surface area contributed by atoms with Gasteiger partial charge in [0, 0.05) is 5.02 Å². The Morgan fingerprint density at radius 2 is 2.09 bits per heavy atom. The number of aromatic amines is 1. The Hall–Kier alpha value is -2.25. The molecule has 0 aliphatic carbocycles. The Morgan fingerprint density at radius 3 is 2.73 bits per heavy atom. The lowest BCUT2D eigenvalue weighted by molar-refractivity contribution is -0.121. The molecule has 2 N–H and O–H groups in total. The fourth-order valence-electron chi connectivity index (χ4n) is 2.07. The molecule has 2 aromatic heterocycles. The van der Waals surface area contributed by atoms with Crippen molar-refractivity contribution in [1.82, 2.24) is 25.9 Å². The van der Waals surface area contributed by atoms with Crippen LogP contribution in [0.5, 0.6) is 0 Å². The van der Waals surface area contributed by atoms with Gasteiger partial charge in [0.25, 0.3) is 0 Å². The molecule has 0 saturated heterocycles. The van der Waals surface area contributed by atoms with Crippen molar-refractivity contribution in [3.05, 3.63) is 63.1 Å². The SMILES string of the molecule is O=C(Cc1nn[nH]n1)NC(c1ccc(Cl)cc1)c1ccsc1. The Labute approximate surface area is 135 Å². The molecule has 1 amide bonds. The predicted molar refractivity (Wildman–Crippen MR) is 83.6 cm³/mol. The van der Waals surface area contributed by atoms with Crippen molar-refractivity contribution in [2.45, 2.75) is 12.5 Å². The van der Waals surface area contributed by atoms with E-state index in [1.165, 1.54) is 0 Å².